The lowest BCUT2D eigenvalue weighted by molar-refractivity contribution is 0.194. The monoisotopic (exact) mass is 276 g/mol. The summed E-state index contributed by atoms with van der Waals surface area (Å²) in [5, 5.41) is 0. The Labute approximate surface area is 123 Å². The van der Waals surface area contributed by atoms with E-state index in [1.54, 1.807) is 0 Å². The molecule has 1 heterocycles. The second-order valence-corrected chi connectivity index (χ2v) is 5.97. The number of hydrogen-bond donors (Lipinski definition) is 1. The maximum Gasteiger partial charge on any atom is 0.120 e. The maximum absolute atomic E-state index is 6.45. The van der Waals surface area contributed by atoms with Crippen molar-refractivity contribution in [2.45, 2.75) is 58.2 Å². The smallest absolute Gasteiger partial charge is 0.120 e. The van der Waals surface area contributed by atoms with Gasteiger partial charge in [0.2, 0.25) is 0 Å². The summed E-state index contributed by atoms with van der Waals surface area (Å²) in [7, 11) is 0. The zero-order chi connectivity index (χ0) is 14.5. The quantitative estimate of drug-likeness (QED) is 0.916. The molecule has 2 N–H and O–H groups in total. The van der Waals surface area contributed by atoms with Gasteiger partial charge in [0.25, 0.3) is 0 Å². The van der Waals surface area contributed by atoms with Crippen molar-refractivity contribution in [3.05, 3.63) is 29.8 Å². The zero-order valence-corrected chi connectivity index (χ0v) is 13.0. The average molecular weight is 276 g/mol. The largest absolute Gasteiger partial charge is 0.491 e. The van der Waals surface area contributed by atoms with Gasteiger partial charge in [-0.2, -0.15) is 0 Å². The molecule has 0 amide bonds. The van der Waals surface area contributed by atoms with Crippen LogP contribution in [0.4, 0.5) is 0 Å². The molecule has 1 saturated heterocycles. The van der Waals surface area contributed by atoms with Gasteiger partial charge in [-0.3, -0.25) is 4.90 Å². The lowest BCUT2D eigenvalue weighted by Crippen LogP contribution is -2.39. The van der Waals surface area contributed by atoms with Gasteiger partial charge in [-0.25, -0.2) is 0 Å². The molecule has 3 heteroatoms. The van der Waals surface area contributed by atoms with E-state index in [0.717, 1.165) is 25.3 Å². The Morgan fingerprint density at radius 3 is 2.85 bits per heavy atom. The Hall–Kier alpha value is -1.06. The van der Waals surface area contributed by atoms with Crippen molar-refractivity contribution in [1.82, 2.24) is 4.90 Å². The van der Waals surface area contributed by atoms with E-state index >= 15 is 0 Å². The summed E-state index contributed by atoms with van der Waals surface area (Å²) in [6.07, 6.45) is 3.79. The van der Waals surface area contributed by atoms with Gasteiger partial charge < -0.3 is 10.5 Å². The Balaban J connectivity index is 2.26. The van der Waals surface area contributed by atoms with Crippen molar-refractivity contribution in [3.63, 3.8) is 0 Å². The molecule has 1 aliphatic rings. The van der Waals surface area contributed by atoms with Gasteiger partial charge in [-0.05, 0) is 57.5 Å². The summed E-state index contributed by atoms with van der Waals surface area (Å²) in [6, 6.07) is 9.00. The van der Waals surface area contributed by atoms with Gasteiger partial charge in [-0.15, -0.1) is 0 Å². The Morgan fingerprint density at radius 2 is 2.15 bits per heavy atom. The summed E-state index contributed by atoms with van der Waals surface area (Å²) in [6.45, 7) is 8.53. The second kappa shape index (κ2) is 7.09. The molecule has 1 aliphatic heterocycles. The standard InChI is InChI=1S/C17H28N2O/c1-4-19-11-6-5-10-16(18)17(19)14-8-7-9-15(12-14)20-13(2)3/h7-9,12-13,16-17H,4-6,10-11,18H2,1-3H3. The highest BCUT2D eigenvalue weighted by molar-refractivity contribution is 5.31. The molecule has 2 rings (SSSR count). The van der Waals surface area contributed by atoms with Crippen LogP contribution in [0.1, 0.15) is 51.6 Å². The van der Waals surface area contributed by atoms with Crippen molar-refractivity contribution in [3.8, 4) is 5.75 Å². The van der Waals surface area contributed by atoms with Crippen LogP contribution in [0, 0.1) is 0 Å². The molecule has 1 aromatic carbocycles. The fourth-order valence-electron chi connectivity index (χ4n) is 3.12. The molecule has 3 nitrogen and oxygen atoms in total. The Kier molecular flexibility index (Phi) is 5.44. The first kappa shape index (κ1) is 15.3. The van der Waals surface area contributed by atoms with Gasteiger partial charge in [0, 0.05) is 12.1 Å². The molecule has 0 bridgehead atoms. The summed E-state index contributed by atoms with van der Waals surface area (Å²) >= 11 is 0. The lowest BCUT2D eigenvalue weighted by Gasteiger charge is -2.33. The van der Waals surface area contributed by atoms with Gasteiger partial charge >= 0.3 is 0 Å². The van der Waals surface area contributed by atoms with Crippen molar-refractivity contribution >= 4 is 0 Å². The predicted octanol–water partition coefficient (Wildman–Crippen LogP) is 3.35. The van der Waals surface area contributed by atoms with E-state index in [2.05, 4.69) is 43.9 Å². The Bertz CT molecular complexity index is 419. The zero-order valence-electron chi connectivity index (χ0n) is 13.0. The molecule has 2 atom stereocenters. The number of rotatable bonds is 4. The fourth-order valence-corrected chi connectivity index (χ4v) is 3.12. The van der Waals surface area contributed by atoms with Gasteiger partial charge in [0.1, 0.15) is 5.75 Å². The highest BCUT2D eigenvalue weighted by Gasteiger charge is 2.27. The van der Waals surface area contributed by atoms with Crippen LogP contribution < -0.4 is 10.5 Å². The van der Waals surface area contributed by atoms with Gasteiger partial charge in [0.15, 0.2) is 0 Å². The number of hydrogen-bond acceptors (Lipinski definition) is 3. The van der Waals surface area contributed by atoms with E-state index in [-0.39, 0.29) is 12.1 Å². The van der Waals surface area contributed by atoms with E-state index in [9.17, 15) is 0 Å². The molecule has 1 fully saturated rings. The molecule has 2 unspecified atom stereocenters. The first-order valence-electron chi connectivity index (χ1n) is 7.88. The second-order valence-electron chi connectivity index (χ2n) is 5.97. The first-order valence-corrected chi connectivity index (χ1v) is 7.88. The molecule has 0 aromatic heterocycles. The lowest BCUT2D eigenvalue weighted by atomic mass is 9.96. The van der Waals surface area contributed by atoms with Crippen molar-refractivity contribution in [2.24, 2.45) is 5.73 Å². The van der Waals surface area contributed by atoms with Crippen LogP contribution in [0.2, 0.25) is 0 Å². The molecule has 112 valence electrons. The van der Waals surface area contributed by atoms with Crippen LogP contribution >= 0.6 is 0 Å². The number of likely N-dealkylation sites (N-methyl/N-ethyl adjacent to an activating group) is 1. The molecule has 0 radical (unpaired) electrons. The molecule has 0 spiro atoms. The minimum atomic E-state index is 0.204. The number of likely N-dealkylation sites (tertiary alicyclic amines) is 1. The van der Waals surface area contributed by atoms with Crippen LogP contribution in [0.25, 0.3) is 0 Å². The number of nitrogens with two attached hydrogens (primary N) is 1. The van der Waals surface area contributed by atoms with E-state index in [4.69, 9.17) is 10.5 Å². The molecule has 0 saturated carbocycles. The van der Waals surface area contributed by atoms with Crippen LogP contribution in [-0.2, 0) is 0 Å². The van der Waals surface area contributed by atoms with Crippen LogP contribution in [0.3, 0.4) is 0 Å². The fraction of sp³-hybridized carbons (Fsp3) is 0.647. The normalized spacial score (nSPS) is 24.6. The van der Waals surface area contributed by atoms with Gasteiger partial charge in [0.05, 0.1) is 6.10 Å². The summed E-state index contributed by atoms with van der Waals surface area (Å²) in [5.41, 5.74) is 7.74. The van der Waals surface area contributed by atoms with Crippen LogP contribution in [0.15, 0.2) is 24.3 Å². The third kappa shape index (κ3) is 3.74. The maximum atomic E-state index is 6.45. The van der Waals surface area contributed by atoms with Crippen molar-refractivity contribution in [2.75, 3.05) is 13.1 Å². The summed E-state index contributed by atoms with van der Waals surface area (Å²) in [5.74, 6) is 0.949. The molecular weight excluding hydrogens is 248 g/mol. The average Bonchev–Trinajstić information content (AvgIpc) is 2.59. The van der Waals surface area contributed by atoms with Crippen molar-refractivity contribution in [1.29, 1.82) is 0 Å². The summed E-state index contributed by atoms with van der Waals surface area (Å²) < 4.78 is 5.82. The van der Waals surface area contributed by atoms with E-state index < -0.39 is 0 Å². The topological polar surface area (TPSA) is 38.5 Å². The van der Waals surface area contributed by atoms with Crippen LogP contribution in [-0.4, -0.2) is 30.1 Å². The number of ether oxygens (including phenoxy) is 1. The minimum absolute atomic E-state index is 0.204. The van der Waals surface area contributed by atoms with Gasteiger partial charge in [-0.1, -0.05) is 25.5 Å². The number of benzene rings is 1. The van der Waals surface area contributed by atoms with E-state index in [0.29, 0.717) is 6.04 Å². The third-order valence-corrected chi connectivity index (χ3v) is 4.01. The SMILES string of the molecule is CCN1CCCCC(N)C1c1cccc(OC(C)C)c1. The summed E-state index contributed by atoms with van der Waals surface area (Å²) in [4.78, 5) is 2.51. The molecule has 1 aromatic rings. The molecule has 20 heavy (non-hydrogen) atoms. The highest BCUT2D eigenvalue weighted by atomic mass is 16.5. The highest BCUT2D eigenvalue weighted by Crippen LogP contribution is 2.31. The Morgan fingerprint density at radius 1 is 1.35 bits per heavy atom. The van der Waals surface area contributed by atoms with E-state index in [1.165, 1.54) is 18.4 Å². The predicted molar refractivity (Wildman–Crippen MR) is 84.0 cm³/mol. The first-order chi connectivity index (χ1) is 9.61. The van der Waals surface area contributed by atoms with E-state index in [1.807, 2.05) is 6.07 Å². The third-order valence-electron chi connectivity index (χ3n) is 4.01. The molecular formula is C17H28N2O. The number of nitrogens with zero attached hydrogens (tertiary/aromatic N) is 1. The van der Waals surface area contributed by atoms with Crippen molar-refractivity contribution < 1.29 is 4.74 Å². The van der Waals surface area contributed by atoms with Crippen LogP contribution in [0.5, 0.6) is 5.75 Å². The molecule has 0 aliphatic carbocycles. The minimum Gasteiger partial charge on any atom is -0.491 e.